The molecule has 0 aliphatic carbocycles. The average molecular weight is 499 g/mol. The largest absolute Gasteiger partial charge is 0.490 e. The summed E-state index contributed by atoms with van der Waals surface area (Å²) in [5, 5.41) is 1.70. The molecule has 0 amide bonds. The van der Waals surface area contributed by atoms with Gasteiger partial charge in [-0.3, -0.25) is 4.98 Å². The van der Waals surface area contributed by atoms with Crippen molar-refractivity contribution < 1.29 is 4.74 Å². The van der Waals surface area contributed by atoms with Crippen molar-refractivity contribution in [2.45, 2.75) is 38.2 Å². The van der Waals surface area contributed by atoms with Gasteiger partial charge in [0.1, 0.15) is 23.7 Å². The second-order valence-corrected chi connectivity index (χ2v) is 9.75. The minimum absolute atomic E-state index is 0.156. The van der Waals surface area contributed by atoms with E-state index in [-0.39, 0.29) is 12.0 Å². The summed E-state index contributed by atoms with van der Waals surface area (Å²) in [6, 6.07) is 16.2. The number of pyridine rings is 1. The lowest BCUT2D eigenvalue weighted by Gasteiger charge is -2.36. The van der Waals surface area contributed by atoms with E-state index < -0.39 is 0 Å². The van der Waals surface area contributed by atoms with Crippen LogP contribution in [0, 0.1) is 0 Å². The van der Waals surface area contributed by atoms with Gasteiger partial charge in [-0.1, -0.05) is 36.7 Å². The van der Waals surface area contributed by atoms with Crippen molar-refractivity contribution >= 4 is 39.4 Å². The van der Waals surface area contributed by atoms with Crippen LogP contribution in [0.4, 0.5) is 5.69 Å². The summed E-state index contributed by atoms with van der Waals surface area (Å²) in [5.74, 6) is 1.09. The molecule has 0 radical (unpaired) electrons. The third kappa shape index (κ3) is 4.35. The Morgan fingerprint density at radius 1 is 1.06 bits per heavy atom. The molecule has 4 heterocycles. The number of piperidine rings is 1. The summed E-state index contributed by atoms with van der Waals surface area (Å²) in [6.45, 7) is 4.01. The highest BCUT2D eigenvalue weighted by molar-refractivity contribution is 6.36. The van der Waals surface area contributed by atoms with Gasteiger partial charge >= 0.3 is 0 Å². The lowest BCUT2D eigenvalue weighted by atomic mass is 9.91. The third-order valence-corrected chi connectivity index (χ3v) is 7.29. The van der Waals surface area contributed by atoms with E-state index >= 15 is 0 Å². The van der Waals surface area contributed by atoms with Crippen LogP contribution in [0.15, 0.2) is 67.4 Å². The Kier molecular flexibility index (Phi) is 6.15. The first-order valence-electron chi connectivity index (χ1n) is 12.3. The maximum atomic E-state index is 6.79. The minimum Gasteiger partial charge on any atom is -0.490 e. The van der Waals surface area contributed by atoms with Gasteiger partial charge in [0.2, 0.25) is 0 Å². The van der Waals surface area contributed by atoms with E-state index in [0.29, 0.717) is 5.65 Å². The van der Waals surface area contributed by atoms with Crippen molar-refractivity contribution in [3.8, 4) is 5.75 Å². The second-order valence-electron chi connectivity index (χ2n) is 9.34. The number of nitrogens with one attached hydrogen (secondary N) is 1. The Morgan fingerprint density at radius 3 is 2.72 bits per heavy atom. The number of anilines is 1. The topological polar surface area (TPSA) is 79.8 Å². The van der Waals surface area contributed by atoms with Gasteiger partial charge in [0.15, 0.2) is 5.65 Å². The number of H-pyrrole nitrogens is 1. The highest BCUT2D eigenvalue weighted by atomic mass is 35.5. The predicted molar refractivity (Wildman–Crippen MR) is 143 cm³/mol. The molecule has 8 heteroatoms. The van der Waals surface area contributed by atoms with Gasteiger partial charge < -0.3 is 14.6 Å². The van der Waals surface area contributed by atoms with E-state index in [1.807, 2.05) is 48.7 Å². The summed E-state index contributed by atoms with van der Waals surface area (Å²) in [5.41, 5.74) is 5.81. The lowest BCUT2D eigenvalue weighted by molar-refractivity contribution is 0.171. The third-order valence-electron chi connectivity index (χ3n) is 6.98. The number of aromatic amines is 1. The first-order valence-corrected chi connectivity index (χ1v) is 12.7. The molecule has 2 aromatic carbocycles. The first kappa shape index (κ1) is 22.7. The summed E-state index contributed by atoms with van der Waals surface area (Å²) in [7, 11) is 0. The van der Waals surface area contributed by atoms with Crippen LogP contribution in [0.3, 0.4) is 0 Å². The molecule has 3 aromatic heterocycles. The van der Waals surface area contributed by atoms with Gasteiger partial charge in [-0.2, -0.15) is 0 Å². The molecule has 1 atom stereocenters. The molecule has 36 heavy (non-hydrogen) atoms. The number of imidazole rings is 1. The van der Waals surface area contributed by atoms with Crippen LogP contribution < -0.4 is 9.64 Å². The number of halogens is 1. The Balaban J connectivity index is 1.32. The summed E-state index contributed by atoms with van der Waals surface area (Å²) in [6.07, 6.45) is 7.92. The number of benzene rings is 2. The molecule has 6 rings (SSSR count). The van der Waals surface area contributed by atoms with Crippen molar-refractivity contribution in [3.63, 3.8) is 0 Å². The molecular weight excluding hydrogens is 472 g/mol. The number of para-hydroxylation sites is 1. The van der Waals surface area contributed by atoms with E-state index in [2.05, 4.69) is 37.8 Å². The average Bonchev–Trinajstić information content (AvgIpc) is 3.40. The van der Waals surface area contributed by atoms with Crippen LogP contribution in [-0.2, 0) is 6.42 Å². The van der Waals surface area contributed by atoms with Crippen molar-refractivity contribution in [1.82, 2.24) is 24.9 Å². The molecule has 1 fully saturated rings. The number of aromatic nitrogens is 5. The molecule has 1 aliphatic rings. The Labute approximate surface area is 214 Å². The minimum atomic E-state index is 0.156. The molecule has 0 bridgehead atoms. The fraction of sp³-hybridized carbons (Fsp3) is 0.286. The monoisotopic (exact) mass is 498 g/mol. The van der Waals surface area contributed by atoms with E-state index in [4.69, 9.17) is 21.3 Å². The number of ether oxygens (including phenoxy) is 1. The standard InChI is InChI=1S/C28H27ClN6O/c1-18(14-24-26-28(33-16-31-24)34-17-32-26)22-15-23(29)21-8-5-11-30-25(21)27(22)35-12-9-20(10-13-35)36-19-6-3-2-4-7-19/h2-8,11,15-18,20H,9-10,12-14H2,1H3,(H,31,32,33,34). The molecule has 1 aliphatic heterocycles. The maximum absolute atomic E-state index is 6.79. The lowest BCUT2D eigenvalue weighted by Crippen LogP contribution is -2.39. The normalized spacial score (nSPS) is 15.4. The van der Waals surface area contributed by atoms with Gasteiger partial charge in [0, 0.05) is 37.5 Å². The van der Waals surface area contributed by atoms with Crippen LogP contribution in [0.2, 0.25) is 5.02 Å². The van der Waals surface area contributed by atoms with Gasteiger partial charge in [-0.25, -0.2) is 15.0 Å². The Bertz CT molecular complexity index is 1500. The zero-order valence-corrected chi connectivity index (χ0v) is 20.8. The van der Waals surface area contributed by atoms with Gasteiger partial charge in [0.25, 0.3) is 0 Å². The van der Waals surface area contributed by atoms with Crippen molar-refractivity contribution in [1.29, 1.82) is 0 Å². The van der Waals surface area contributed by atoms with Crippen LogP contribution in [-0.4, -0.2) is 44.1 Å². The Hall–Kier alpha value is -3.71. The molecule has 7 nitrogen and oxygen atoms in total. The summed E-state index contributed by atoms with van der Waals surface area (Å²) >= 11 is 6.79. The number of fused-ring (bicyclic) bond motifs is 2. The summed E-state index contributed by atoms with van der Waals surface area (Å²) < 4.78 is 6.25. The zero-order chi connectivity index (χ0) is 24.5. The van der Waals surface area contributed by atoms with E-state index in [1.165, 1.54) is 5.56 Å². The zero-order valence-electron chi connectivity index (χ0n) is 20.1. The van der Waals surface area contributed by atoms with Crippen LogP contribution in [0.1, 0.15) is 36.9 Å². The maximum Gasteiger partial charge on any atom is 0.180 e. The van der Waals surface area contributed by atoms with Gasteiger partial charge in [0.05, 0.1) is 28.2 Å². The molecule has 5 aromatic rings. The fourth-order valence-electron chi connectivity index (χ4n) is 5.17. The molecule has 1 saturated heterocycles. The quantitative estimate of drug-likeness (QED) is 0.311. The van der Waals surface area contributed by atoms with Crippen molar-refractivity contribution in [2.24, 2.45) is 0 Å². The van der Waals surface area contributed by atoms with Crippen LogP contribution in [0.5, 0.6) is 5.75 Å². The molecule has 1 unspecified atom stereocenters. The molecule has 1 N–H and O–H groups in total. The fourth-order valence-corrected chi connectivity index (χ4v) is 5.44. The van der Waals surface area contributed by atoms with Gasteiger partial charge in [-0.15, -0.1) is 0 Å². The van der Waals surface area contributed by atoms with E-state index in [1.54, 1.807) is 12.7 Å². The van der Waals surface area contributed by atoms with Gasteiger partial charge in [-0.05, 0) is 48.2 Å². The first-order chi connectivity index (χ1) is 17.7. The smallest absolute Gasteiger partial charge is 0.180 e. The van der Waals surface area contributed by atoms with Crippen molar-refractivity contribution in [2.75, 3.05) is 18.0 Å². The number of hydrogen-bond acceptors (Lipinski definition) is 6. The van der Waals surface area contributed by atoms with E-state index in [9.17, 15) is 0 Å². The highest BCUT2D eigenvalue weighted by Crippen LogP contribution is 2.40. The SMILES string of the molecule is CC(Cc1ncnc2nc[nH]c12)c1cc(Cl)c2cccnc2c1N1CCC(Oc2ccccc2)CC1. The summed E-state index contributed by atoms with van der Waals surface area (Å²) in [4.78, 5) is 23.5. The van der Waals surface area contributed by atoms with Crippen LogP contribution >= 0.6 is 11.6 Å². The van der Waals surface area contributed by atoms with Crippen LogP contribution in [0.25, 0.3) is 22.1 Å². The molecular formula is C28H27ClN6O. The highest BCUT2D eigenvalue weighted by Gasteiger charge is 2.27. The number of rotatable bonds is 6. The molecule has 0 saturated carbocycles. The Morgan fingerprint density at radius 2 is 1.89 bits per heavy atom. The predicted octanol–water partition coefficient (Wildman–Crippen LogP) is 5.95. The molecule has 0 spiro atoms. The number of nitrogens with zero attached hydrogens (tertiary/aromatic N) is 5. The van der Waals surface area contributed by atoms with Crippen molar-refractivity contribution in [3.05, 3.63) is 83.7 Å². The molecule has 182 valence electrons. The second kappa shape index (κ2) is 9.74. The van der Waals surface area contributed by atoms with E-state index in [0.717, 1.165) is 70.9 Å². The number of hydrogen-bond donors (Lipinski definition) is 1.